The van der Waals surface area contributed by atoms with Crippen LogP contribution in [-0.4, -0.2) is 96.7 Å². The molecule has 0 saturated carbocycles. The first kappa shape index (κ1) is 91.5. The van der Waals surface area contributed by atoms with Crippen LogP contribution in [0.1, 0.15) is 374 Å². The molecule has 0 aromatic heterocycles. The van der Waals surface area contributed by atoms with Gasteiger partial charge in [0.2, 0.25) is 0 Å². The molecular weight excluding hydrogens is 1230 g/mol. The lowest BCUT2D eigenvalue weighted by Crippen LogP contribution is -2.30. The number of ether oxygens (including phenoxy) is 4. The molecule has 19 heteroatoms. The topological polar surface area (TPSA) is 237 Å². The second kappa shape index (κ2) is 69.0. The Balaban J connectivity index is 5.29. The fourth-order valence-electron chi connectivity index (χ4n) is 11.0. The van der Waals surface area contributed by atoms with Crippen LogP contribution in [0.3, 0.4) is 0 Å². The molecule has 0 aliphatic rings. The Labute approximate surface area is 573 Å². The number of phosphoric acid groups is 2. The van der Waals surface area contributed by atoms with E-state index in [-0.39, 0.29) is 25.7 Å². The first-order chi connectivity index (χ1) is 45.7. The average Bonchev–Trinajstić information content (AvgIpc) is 1.83. The maximum Gasteiger partial charge on any atom is 0.472 e. The van der Waals surface area contributed by atoms with E-state index in [1.165, 1.54) is 173 Å². The van der Waals surface area contributed by atoms with E-state index in [0.29, 0.717) is 25.7 Å². The highest BCUT2D eigenvalue weighted by Crippen LogP contribution is 2.45. The summed E-state index contributed by atoms with van der Waals surface area (Å²) in [6.45, 7) is 4.91. The lowest BCUT2D eigenvalue weighted by Gasteiger charge is -2.21. The number of allylic oxidation sites excluding steroid dienone is 4. The second-order valence-corrected chi connectivity index (χ2v) is 29.2. The Kier molecular flexibility index (Phi) is 67.2. The van der Waals surface area contributed by atoms with Crippen molar-refractivity contribution < 1.29 is 80.2 Å². The van der Waals surface area contributed by atoms with Crippen LogP contribution in [0.4, 0.5) is 0 Å². The van der Waals surface area contributed by atoms with Crippen LogP contribution in [0.2, 0.25) is 0 Å². The van der Waals surface area contributed by atoms with Gasteiger partial charge >= 0.3 is 39.5 Å². The average molecular weight is 1380 g/mol. The number of aliphatic hydroxyl groups is 1. The van der Waals surface area contributed by atoms with Crippen LogP contribution in [0.15, 0.2) is 24.3 Å². The number of unbranched alkanes of at least 4 members (excludes halogenated alkanes) is 44. The number of carbonyl (C=O) groups is 4. The molecule has 17 nitrogen and oxygen atoms in total. The molecule has 0 amide bonds. The molecule has 0 radical (unpaired) electrons. The minimum atomic E-state index is -4.96. The number of carbonyl (C=O) groups excluding carboxylic acids is 4. The molecule has 0 saturated heterocycles. The smallest absolute Gasteiger partial charge is 0.462 e. The van der Waals surface area contributed by atoms with E-state index in [1.54, 1.807) is 0 Å². The molecule has 0 rings (SSSR count). The molecule has 0 heterocycles. The van der Waals surface area contributed by atoms with Crippen molar-refractivity contribution in [1.29, 1.82) is 0 Å². The fraction of sp³-hybridized carbons (Fsp3) is 0.893. The Morgan fingerprint density at radius 2 is 0.489 bits per heavy atom. The number of esters is 4. The highest BCUT2D eigenvalue weighted by Gasteiger charge is 2.30. The van der Waals surface area contributed by atoms with Gasteiger partial charge in [0.25, 0.3) is 0 Å². The molecule has 0 aliphatic carbocycles. The lowest BCUT2D eigenvalue weighted by molar-refractivity contribution is -0.161. The zero-order valence-electron chi connectivity index (χ0n) is 60.4. The van der Waals surface area contributed by atoms with Gasteiger partial charge in [-0.1, -0.05) is 296 Å². The van der Waals surface area contributed by atoms with Crippen molar-refractivity contribution in [1.82, 2.24) is 0 Å². The van der Waals surface area contributed by atoms with E-state index in [9.17, 15) is 43.2 Å². The molecule has 0 aliphatic heterocycles. The second-order valence-electron chi connectivity index (χ2n) is 26.3. The van der Waals surface area contributed by atoms with Crippen LogP contribution in [0.5, 0.6) is 0 Å². The molecule has 0 aromatic carbocycles. The molecule has 554 valence electrons. The summed E-state index contributed by atoms with van der Waals surface area (Å²) in [5, 5.41) is 10.6. The van der Waals surface area contributed by atoms with E-state index in [1.807, 2.05) is 0 Å². The fourth-order valence-corrected chi connectivity index (χ4v) is 12.6. The van der Waals surface area contributed by atoms with Crippen LogP contribution in [0, 0.1) is 0 Å². The molecule has 0 fully saturated rings. The molecule has 94 heavy (non-hydrogen) atoms. The molecule has 0 bridgehead atoms. The van der Waals surface area contributed by atoms with E-state index >= 15 is 0 Å². The van der Waals surface area contributed by atoms with Gasteiger partial charge in [0.15, 0.2) is 12.2 Å². The van der Waals surface area contributed by atoms with Gasteiger partial charge in [0.05, 0.1) is 26.4 Å². The molecule has 5 atom stereocenters. The summed E-state index contributed by atoms with van der Waals surface area (Å²) in [7, 11) is -9.92. The van der Waals surface area contributed by atoms with E-state index in [2.05, 4.69) is 52.0 Å². The van der Waals surface area contributed by atoms with Crippen molar-refractivity contribution in [3.05, 3.63) is 24.3 Å². The number of hydrogen-bond donors (Lipinski definition) is 3. The summed E-state index contributed by atoms with van der Waals surface area (Å²) in [4.78, 5) is 72.8. The van der Waals surface area contributed by atoms with Gasteiger partial charge in [-0.2, -0.15) is 0 Å². The van der Waals surface area contributed by atoms with Gasteiger partial charge in [-0.15, -0.1) is 0 Å². The zero-order valence-corrected chi connectivity index (χ0v) is 62.2. The minimum Gasteiger partial charge on any atom is -0.462 e. The van der Waals surface area contributed by atoms with E-state index < -0.39 is 97.5 Å². The summed E-state index contributed by atoms with van der Waals surface area (Å²) in [6, 6.07) is 0. The molecule has 2 unspecified atom stereocenters. The monoisotopic (exact) mass is 1380 g/mol. The quantitative estimate of drug-likeness (QED) is 0.0169. The predicted molar refractivity (Wildman–Crippen MR) is 381 cm³/mol. The summed E-state index contributed by atoms with van der Waals surface area (Å²) < 4.78 is 68.5. The predicted octanol–water partition coefficient (Wildman–Crippen LogP) is 21.8. The lowest BCUT2D eigenvalue weighted by atomic mass is 10.0. The van der Waals surface area contributed by atoms with Crippen molar-refractivity contribution in [3.63, 3.8) is 0 Å². The van der Waals surface area contributed by atoms with Crippen LogP contribution < -0.4 is 0 Å². The number of rotatable bonds is 74. The third-order valence-corrected chi connectivity index (χ3v) is 18.8. The Hall–Kier alpha value is -2.46. The third-order valence-electron chi connectivity index (χ3n) is 16.9. The maximum atomic E-state index is 13.1. The summed E-state index contributed by atoms with van der Waals surface area (Å²) >= 11 is 0. The highest BCUT2D eigenvalue weighted by molar-refractivity contribution is 7.47. The summed E-state index contributed by atoms with van der Waals surface area (Å²) in [5.41, 5.74) is 0. The van der Waals surface area contributed by atoms with Crippen LogP contribution >= 0.6 is 15.6 Å². The first-order valence-corrected chi connectivity index (χ1v) is 41.6. The SMILES string of the molecule is CCCCCC/C=C\CCCCCCCC(=O)OC[C@H](COP(=O)(O)OC[C@@H](O)COP(=O)(O)OC[C@@H](COC(=O)CCCCCCCCCCCCCCC)OC(=O)CCCCCCC/C=C\CCCCCC)OC(=O)CCCCCCCCCCCCCCCCC. The van der Waals surface area contributed by atoms with Crippen molar-refractivity contribution in [2.45, 2.75) is 393 Å². The van der Waals surface area contributed by atoms with Gasteiger partial charge in [0.1, 0.15) is 19.3 Å². The van der Waals surface area contributed by atoms with Crippen molar-refractivity contribution >= 4 is 39.5 Å². The maximum absolute atomic E-state index is 13.1. The zero-order chi connectivity index (χ0) is 69.0. The Morgan fingerprint density at radius 3 is 0.745 bits per heavy atom. The van der Waals surface area contributed by atoms with Gasteiger partial charge in [-0.05, 0) is 77.0 Å². The largest absolute Gasteiger partial charge is 0.472 e. The van der Waals surface area contributed by atoms with E-state index in [0.717, 1.165) is 122 Å². The van der Waals surface area contributed by atoms with Crippen LogP contribution in [-0.2, 0) is 65.4 Å². The molecule has 0 spiro atoms. The number of phosphoric ester groups is 2. The minimum absolute atomic E-state index is 0.0933. The van der Waals surface area contributed by atoms with Gasteiger partial charge in [-0.3, -0.25) is 37.3 Å². The van der Waals surface area contributed by atoms with Crippen LogP contribution in [0.25, 0.3) is 0 Å². The van der Waals surface area contributed by atoms with Crippen molar-refractivity contribution in [2.75, 3.05) is 39.6 Å². The Morgan fingerprint density at radius 1 is 0.287 bits per heavy atom. The van der Waals surface area contributed by atoms with Gasteiger partial charge in [-0.25, -0.2) is 9.13 Å². The first-order valence-electron chi connectivity index (χ1n) is 38.6. The van der Waals surface area contributed by atoms with Gasteiger partial charge in [0, 0.05) is 25.7 Å². The summed E-state index contributed by atoms with van der Waals surface area (Å²) in [6.07, 6.45) is 61.6. The van der Waals surface area contributed by atoms with Gasteiger partial charge < -0.3 is 33.8 Å². The standard InChI is InChI=1S/C75H142O17P2/c1-5-9-13-17-21-25-29-33-34-38-42-46-50-54-58-62-75(80)92-71(66-86-73(78)60-56-52-48-44-40-36-31-27-23-19-15-11-7-3)68-90-94(83,84)88-64-69(76)63-87-93(81,82)89-67-70(91-74(79)61-57-53-49-45-41-37-32-28-24-20-16-12-8-4)65-85-72(77)59-55-51-47-43-39-35-30-26-22-18-14-10-6-2/h27-28,31-32,69-71,76H,5-26,29-30,33-68H2,1-4H3,(H,81,82)(H,83,84)/b31-27-,32-28-/t69-,70+,71+/m0/s1. The third kappa shape index (κ3) is 68.1. The molecule has 0 aromatic rings. The number of hydrogen-bond acceptors (Lipinski definition) is 15. The normalized spacial score (nSPS) is 14.1. The highest BCUT2D eigenvalue weighted by atomic mass is 31.2. The molecule has 3 N–H and O–H groups in total. The number of aliphatic hydroxyl groups excluding tert-OH is 1. The molecular formula is C75H142O17P2. The van der Waals surface area contributed by atoms with E-state index in [4.69, 9.17) is 37.0 Å². The summed E-state index contributed by atoms with van der Waals surface area (Å²) in [5.74, 6) is -2.15. The van der Waals surface area contributed by atoms with Crippen molar-refractivity contribution in [3.8, 4) is 0 Å². The Bertz CT molecular complexity index is 1880. The van der Waals surface area contributed by atoms with Crippen molar-refractivity contribution in [2.24, 2.45) is 0 Å².